The molecule has 0 atom stereocenters. The van der Waals surface area contributed by atoms with E-state index in [0.717, 1.165) is 41.5 Å². The zero-order valence-electron chi connectivity index (χ0n) is 14.9. The van der Waals surface area contributed by atoms with Crippen molar-refractivity contribution in [2.24, 2.45) is 0 Å². The van der Waals surface area contributed by atoms with Gasteiger partial charge in [0.1, 0.15) is 11.5 Å². The summed E-state index contributed by atoms with van der Waals surface area (Å²) in [4.78, 5) is 23.9. The second-order valence-electron chi connectivity index (χ2n) is 7.33. The monoisotopic (exact) mass is 350 g/mol. The molecule has 7 heteroatoms. The summed E-state index contributed by atoms with van der Waals surface area (Å²) in [5.41, 5.74) is 2.97. The first-order chi connectivity index (χ1) is 12.7. The van der Waals surface area contributed by atoms with Crippen LogP contribution in [0.25, 0.3) is 5.65 Å². The third kappa shape index (κ3) is 2.67. The summed E-state index contributed by atoms with van der Waals surface area (Å²) in [6.07, 6.45) is 7.36. The van der Waals surface area contributed by atoms with Crippen LogP contribution in [0.5, 0.6) is 0 Å². The van der Waals surface area contributed by atoms with Crippen LogP contribution >= 0.6 is 0 Å². The number of rotatable bonds is 3. The van der Waals surface area contributed by atoms with E-state index in [2.05, 4.69) is 10.1 Å². The number of carbonyl (C=O) groups is 1. The van der Waals surface area contributed by atoms with E-state index in [1.807, 2.05) is 45.4 Å². The molecular weight excluding hydrogens is 328 g/mol. The Labute approximate surface area is 151 Å². The van der Waals surface area contributed by atoms with Crippen LogP contribution < -0.4 is 0 Å². The lowest BCUT2D eigenvalue weighted by atomic mass is 10.2. The molecule has 0 aromatic carbocycles. The first-order valence-electron chi connectivity index (χ1n) is 9.32. The van der Waals surface area contributed by atoms with Crippen molar-refractivity contribution in [3.8, 4) is 0 Å². The van der Waals surface area contributed by atoms with Crippen molar-refractivity contribution in [1.82, 2.24) is 29.0 Å². The Balaban J connectivity index is 1.30. The maximum atomic E-state index is 12.8. The largest absolute Gasteiger partial charge is 0.340 e. The summed E-state index contributed by atoms with van der Waals surface area (Å²) in [7, 11) is 0. The van der Waals surface area contributed by atoms with Gasteiger partial charge in [0.2, 0.25) is 5.91 Å². The van der Waals surface area contributed by atoms with E-state index in [0.29, 0.717) is 25.4 Å². The third-order valence-corrected chi connectivity index (χ3v) is 5.39. The van der Waals surface area contributed by atoms with Crippen molar-refractivity contribution in [3.05, 3.63) is 47.4 Å². The summed E-state index contributed by atoms with van der Waals surface area (Å²) in [6, 6.07) is 4.03. The van der Waals surface area contributed by atoms with E-state index in [9.17, 15) is 4.79 Å². The number of hydrogen-bond donors (Lipinski definition) is 0. The fourth-order valence-electron chi connectivity index (χ4n) is 3.68. The normalized spacial score (nSPS) is 17.3. The molecule has 1 fully saturated rings. The quantitative estimate of drug-likeness (QED) is 0.722. The van der Waals surface area contributed by atoms with E-state index in [1.54, 1.807) is 0 Å². The number of pyridine rings is 1. The molecule has 0 spiro atoms. The highest BCUT2D eigenvalue weighted by atomic mass is 16.2. The Kier molecular flexibility index (Phi) is 3.55. The van der Waals surface area contributed by atoms with Gasteiger partial charge < -0.3 is 9.30 Å². The van der Waals surface area contributed by atoms with Crippen LogP contribution in [-0.2, 0) is 24.2 Å². The van der Waals surface area contributed by atoms with Gasteiger partial charge in [-0.1, -0.05) is 6.07 Å². The molecule has 5 rings (SSSR count). The summed E-state index contributed by atoms with van der Waals surface area (Å²) in [5, 5.41) is 4.65. The maximum absolute atomic E-state index is 12.8. The van der Waals surface area contributed by atoms with Crippen molar-refractivity contribution in [2.45, 2.75) is 45.1 Å². The average Bonchev–Trinajstić information content (AvgIpc) is 3.34. The Morgan fingerprint density at radius 1 is 1.27 bits per heavy atom. The lowest BCUT2D eigenvalue weighted by molar-refractivity contribution is -0.130. The Morgan fingerprint density at radius 2 is 2.15 bits per heavy atom. The highest BCUT2D eigenvalue weighted by molar-refractivity contribution is 5.78. The number of imidazole rings is 1. The molecule has 1 saturated carbocycles. The molecule has 3 aromatic heterocycles. The second kappa shape index (κ2) is 5.93. The third-order valence-electron chi connectivity index (χ3n) is 5.39. The van der Waals surface area contributed by atoms with Gasteiger partial charge in [-0.15, -0.1) is 0 Å². The number of fused-ring (bicyclic) bond motifs is 2. The molecule has 1 aliphatic heterocycles. The van der Waals surface area contributed by atoms with Crippen molar-refractivity contribution in [3.63, 3.8) is 0 Å². The van der Waals surface area contributed by atoms with Gasteiger partial charge >= 0.3 is 0 Å². The van der Waals surface area contributed by atoms with Crippen molar-refractivity contribution in [2.75, 3.05) is 13.1 Å². The van der Waals surface area contributed by atoms with E-state index in [1.165, 1.54) is 12.8 Å². The van der Waals surface area contributed by atoms with Crippen LogP contribution in [0.4, 0.5) is 0 Å². The number of aryl methyl sites for hydroxylation is 1. The van der Waals surface area contributed by atoms with E-state index < -0.39 is 0 Å². The van der Waals surface area contributed by atoms with Crippen LogP contribution in [0.15, 0.2) is 24.5 Å². The molecule has 7 nitrogen and oxygen atoms in total. The first-order valence-corrected chi connectivity index (χ1v) is 9.32. The van der Waals surface area contributed by atoms with Gasteiger partial charge in [-0.3, -0.25) is 4.79 Å². The molecule has 2 aliphatic rings. The smallest absolute Gasteiger partial charge is 0.228 e. The van der Waals surface area contributed by atoms with Crippen molar-refractivity contribution in [1.29, 1.82) is 0 Å². The van der Waals surface area contributed by atoms with Gasteiger partial charge in [-0.25, -0.2) is 14.6 Å². The summed E-state index contributed by atoms with van der Waals surface area (Å²) < 4.78 is 4.01. The van der Waals surface area contributed by atoms with Crippen LogP contribution in [0.1, 0.15) is 41.7 Å². The minimum absolute atomic E-state index is 0.140. The van der Waals surface area contributed by atoms with Gasteiger partial charge in [-0.2, -0.15) is 5.10 Å². The summed E-state index contributed by atoms with van der Waals surface area (Å²) in [5.74, 6) is 2.74. The predicted octanol–water partition coefficient (Wildman–Crippen LogP) is 1.74. The molecule has 0 bridgehead atoms. The highest BCUT2D eigenvalue weighted by Gasteiger charge is 2.30. The lowest BCUT2D eigenvalue weighted by Gasteiger charge is -2.19. The lowest BCUT2D eigenvalue weighted by Crippen LogP contribution is -2.35. The van der Waals surface area contributed by atoms with Gasteiger partial charge in [0.25, 0.3) is 0 Å². The van der Waals surface area contributed by atoms with Crippen LogP contribution in [0.2, 0.25) is 0 Å². The number of amides is 1. The molecule has 0 unspecified atom stereocenters. The molecule has 134 valence electrons. The molecular formula is C19H22N6O. The predicted molar refractivity (Wildman–Crippen MR) is 95.9 cm³/mol. The van der Waals surface area contributed by atoms with Gasteiger partial charge in [0.05, 0.1) is 18.7 Å². The highest BCUT2D eigenvalue weighted by Crippen LogP contribution is 2.38. The fraction of sp³-hybridized carbons (Fsp3) is 0.474. The van der Waals surface area contributed by atoms with E-state index >= 15 is 0 Å². The molecule has 1 amide bonds. The fourth-order valence-corrected chi connectivity index (χ4v) is 3.68. The molecule has 0 saturated heterocycles. The van der Waals surface area contributed by atoms with Gasteiger partial charge in [0.15, 0.2) is 5.82 Å². The molecule has 4 heterocycles. The SMILES string of the molecule is Cc1cccn2c(CC(=O)N3CCc4nc(C5CC5)nn4CC3)cnc12. The average molecular weight is 350 g/mol. The zero-order chi connectivity index (χ0) is 17.7. The minimum Gasteiger partial charge on any atom is -0.340 e. The van der Waals surface area contributed by atoms with E-state index in [4.69, 9.17) is 4.98 Å². The topological polar surface area (TPSA) is 68.3 Å². The van der Waals surface area contributed by atoms with Gasteiger partial charge in [-0.05, 0) is 31.4 Å². The maximum Gasteiger partial charge on any atom is 0.228 e. The van der Waals surface area contributed by atoms with Crippen LogP contribution in [0.3, 0.4) is 0 Å². The number of nitrogens with zero attached hydrogens (tertiary/aromatic N) is 6. The first kappa shape index (κ1) is 15.5. The van der Waals surface area contributed by atoms with E-state index in [-0.39, 0.29) is 5.91 Å². The molecule has 1 aliphatic carbocycles. The summed E-state index contributed by atoms with van der Waals surface area (Å²) >= 11 is 0. The molecule has 26 heavy (non-hydrogen) atoms. The molecule has 0 radical (unpaired) electrons. The van der Waals surface area contributed by atoms with Crippen LogP contribution in [-0.4, -0.2) is 48.0 Å². The van der Waals surface area contributed by atoms with Crippen molar-refractivity contribution < 1.29 is 4.79 Å². The number of aromatic nitrogens is 5. The molecule has 3 aromatic rings. The van der Waals surface area contributed by atoms with Gasteiger partial charge in [0, 0.05) is 37.8 Å². The Bertz CT molecular complexity index is 958. The van der Waals surface area contributed by atoms with Crippen LogP contribution in [0, 0.1) is 6.92 Å². The second-order valence-corrected chi connectivity index (χ2v) is 7.33. The number of hydrogen-bond acceptors (Lipinski definition) is 4. The zero-order valence-corrected chi connectivity index (χ0v) is 14.9. The minimum atomic E-state index is 0.140. The van der Waals surface area contributed by atoms with Crippen molar-refractivity contribution >= 4 is 11.6 Å². The Hall–Kier alpha value is -2.70. The summed E-state index contributed by atoms with van der Waals surface area (Å²) in [6.45, 7) is 4.16. The number of carbonyl (C=O) groups excluding carboxylic acids is 1. The molecule has 0 N–H and O–H groups in total. The standard InChI is InChI=1S/C19H22N6O/c1-13-3-2-7-24-15(12-20-19(13)24)11-17(26)23-8-6-16-21-18(14-4-5-14)22-25(16)10-9-23/h2-3,7,12,14H,4-6,8-11H2,1H3. The Morgan fingerprint density at radius 3 is 3.00 bits per heavy atom.